The van der Waals surface area contributed by atoms with Gasteiger partial charge < -0.3 is 23.8 Å². The number of carbonyl (C=O) groups is 1. The van der Waals surface area contributed by atoms with E-state index in [1.165, 1.54) is 19.8 Å². The van der Waals surface area contributed by atoms with Gasteiger partial charge in [0.25, 0.3) is 0 Å². The van der Waals surface area contributed by atoms with Crippen molar-refractivity contribution in [3.63, 3.8) is 0 Å². The van der Waals surface area contributed by atoms with Crippen LogP contribution in [0.1, 0.15) is 57.9 Å². The van der Waals surface area contributed by atoms with Gasteiger partial charge in [-0.25, -0.2) is 4.79 Å². The molecule has 7 nitrogen and oxygen atoms in total. The molecule has 0 atom stereocenters. The zero-order valence-corrected chi connectivity index (χ0v) is 19.4. The molecule has 0 aliphatic heterocycles. The lowest BCUT2D eigenvalue weighted by molar-refractivity contribution is -0.140. The van der Waals surface area contributed by atoms with Crippen LogP contribution in [0.3, 0.4) is 0 Å². The number of methoxy groups -OCH3 is 4. The summed E-state index contributed by atoms with van der Waals surface area (Å²) < 4.78 is 22.7. The summed E-state index contributed by atoms with van der Waals surface area (Å²) in [6.45, 7) is 3.51. The fraction of sp³-hybridized carbons (Fsp3) is 0.500. The number of hydrogen-bond donors (Lipinski definition) is 0. The summed E-state index contributed by atoms with van der Waals surface area (Å²) in [6.07, 6.45) is 6.14. The van der Waals surface area contributed by atoms with Crippen LogP contribution in [-0.4, -0.2) is 40.1 Å². The number of carbonyl (C=O) groups excluding carboxylic acids is 1. The van der Waals surface area contributed by atoms with Gasteiger partial charge in [-0.1, -0.05) is 37.8 Å². The fourth-order valence-corrected chi connectivity index (χ4v) is 3.61. The molecule has 0 unspecified atom stereocenters. The van der Waals surface area contributed by atoms with Gasteiger partial charge in [-0.05, 0) is 31.0 Å². The Morgan fingerprint density at radius 2 is 1.45 bits per heavy atom. The van der Waals surface area contributed by atoms with Crippen LogP contribution in [0.2, 0.25) is 0 Å². The lowest BCUT2D eigenvalue weighted by atomic mass is 9.96. The maximum atomic E-state index is 11.4. The molecule has 0 aromatic heterocycles. The summed E-state index contributed by atoms with van der Waals surface area (Å²) in [5.41, 5.74) is 1.31. The Morgan fingerprint density at radius 1 is 0.839 bits per heavy atom. The average molecular weight is 432 g/mol. The van der Waals surface area contributed by atoms with Crippen LogP contribution in [0, 0.1) is 0 Å². The molecule has 0 bridgehead atoms. The molecule has 2 rings (SSSR count). The Bertz CT molecular complexity index is 922. The van der Waals surface area contributed by atoms with Crippen molar-refractivity contribution in [1.29, 1.82) is 0 Å². The van der Waals surface area contributed by atoms with Crippen LogP contribution in [0.15, 0.2) is 23.4 Å². The van der Waals surface area contributed by atoms with Gasteiger partial charge in [-0.2, -0.15) is 0 Å². The molecule has 0 saturated carbocycles. The Hall–Kier alpha value is -2.96. The van der Waals surface area contributed by atoms with E-state index in [9.17, 15) is 4.79 Å². The van der Waals surface area contributed by atoms with E-state index in [0.717, 1.165) is 24.6 Å². The van der Waals surface area contributed by atoms with Crippen LogP contribution < -0.4 is 18.9 Å². The Kier molecular flexibility index (Phi) is 9.43. The van der Waals surface area contributed by atoms with Crippen LogP contribution >= 0.6 is 0 Å². The first-order chi connectivity index (χ1) is 15.0. The van der Waals surface area contributed by atoms with Crippen LogP contribution in [0.4, 0.5) is 0 Å². The van der Waals surface area contributed by atoms with Crippen molar-refractivity contribution in [3.05, 3.63) is 23.8 Å². The van der Waals surface area contributed by atoms with Gasteiger partial charge in [-0.3, -0.25) is 0 Å². The Balaban J connectivity index is 2.68. The number of ether oxygens (including phenoxy) is 4. The van der Waals surface area contributed by atoms with E-state index in [4.69, 9.17) is 23.8 Å². The van der Waals surface area contributed by atoms with Gasteiger partial charge in [0, 0.05) is 12.5 Å². The van der Waals surface area contributed by atoms with Crippen molar-refractivity contribution in [2.75, 3.05) is 28.4 Å². The molecule has 0 aliphatic carbocycles. The molecule has 0 heterocycles. The zero-order chi connectivity index (χ0) is 22.8. The smallest absolute Gasteiger partial charge is 0.331 e. The first-order valence-corrected chi connectivity index (χ1v) is 10.6. The molecule has 7 heteroatoms. The Labute approximate surface area is 184 Å². The minimum Gasteiger partial charge on any atom is -0.496 e. The molecule has 31 heavy (non-hydrogen) atoms. The highest BCUT2D eigenvalue weighted by atomic mass is 16.7. The molecule has 0 fully saturated rings. The fourth-order valence-electron chi connectivity index (χ4n) is 3.61. The van der Waals surface area contributed by atoms with E-state index in [-0.39, 0.29) is 0 Å². The van der Waals surface area contributed by atoms with E-state index in [2.05, 4.69) is 12.1 Å². The van der Waals surface area contributed by atoms with Crippen LogP contribution in [-0.2, 0) is 9.63 Å². The molecule has 0 saturated heterocycles. The van der Waals surface area contributed by atoms with Crippen LogP contribution in [0.25, 0.3) is 10.8 Å². The standard InChI is InChI=1S/C24H33NO6/c1-7-8-9-10-11-12-18(25-31-16(2)26)17-15-21(29-5)22-19(27-3)13-14-20(28-4)23(22)24(17)30-6/h13-15H,7-12H2,1-6H3. The van der Waals surface area contributed by atoms with Gasteiger partial charge in [0.15, 0.2) is 0 Å². The highest BCUT2D eigenvalue weighted by Crippen LogP contribution is 2.46. The number of oxime groups is 1. The quantitative estimate of drug-likeness (QED) is 0.191. The summed E-state index contributed by atoms with van der Waals surface area (Å²) >= 11 is 0. The molecule has 0 amide bonds. The second-order valence-corrected chi connectivity index (χ2v) is 7.16. The SMILES string of the molecule is CCCCCCCC(=NOC(C)=O)c1cc(OC)c2c(OC)ccc(OC)c2c1OC. The van der Waals surface area contributed by atoms with Crippen LogP contribution in [0.5, 0.6) is 23.0 Å². The molecule has 2 aromatic rings. The number of nitrogens with zero attached hydrogens (tertiary/aromatic N) is 1. The first-order valence-electron chi connectivity index (χ1n) is 10.6. The van der Waals surface area contributed by atoms with Crippen molar-refractivity contribution in [2.45, 2.75) is 52.4 Å². The number of rotatable bonds is 12. The van der Waals surface area contributed by atoms with E-state index in [1.807, 2.05) is 18.2 Å². The molecule has 2 aromatic carbocycles. The van der Waals surface area contributed by atoms with Crippen molar-refractivity contribution < 1.29 is 28.6 Å². The normalized spacial score (nSPS) is 11.4. The lowest BCUT2D eigenvalue weighted by Gasteiger charge is -2.19. The average Bonchev–Trinajstić information content (AvgIpc) is 2.78. The maximum Gasteiger partial charge on any atom is 0.331 e. The summed E-state index contributed by atoms with van der Waals surface area (Å²) in [4.78, 5) is 16.5. The second kappa shape index (κ2) is 12.0. The van der Waals surface area contributed by atoms with E-state index in [1.54, 1.807) is 28.4 Å². The number of hydrogen-bond acceptors (Lipinski definition) is 7. The Morgan fingerprint density at radius 3 is 2.00 bits per heavy atom. The second-order valence-electron chi connectivity index (χ2n) is 7.16. The molecule has 0 radical (unpaired) electrons. The van der Waals surface area contributed by atoms with Gasteiger partial charge in [0.1, 0.15) is 23.0 Å². The van der Waals surface area contributed by atoms with Crippen molar-refractivity contribution >= 4 is 22.5 Å². The van der Waals surface area contributed by atoms with E-state index in [0.29, 0.717) is 46.1 Å². The third-order valence-corrected chi connectivity index (χ3v) is 5.10. The third kappa shape index (κ3) is 5.81. The summed E-state index contributed by atoms with van der Waals surface area (Å²) in [7, 11) is 6.39. The molecule has 0 spiro atoms. The van der Waals surface area contributed by atoms with Crippen molar-refractivity contribution in [3.8, 4) is 23.0 Å². The monoisotopic (exact) mass is 431 g/mol. The van der Waals surface area contributed by atoms with Gasteiger partial charge in [0.05, 0.1) is 44.9 Å². The van der Waals surface area contributed by atoms with E-state index >= 15 is 0 Å². The number of unbranched alkanes of at least 4 members (excludes halogenated alkanes) is 4. The predicted molar refractivity (Wildman–Crippen MR) is 122 cm³/mol. The minimum absolute atomic E-state index is 0.477. The van der Waals surface area contributed by atoms with Gasteiger partial charge in [0.2, 0.25) is 0 Å². The minimum atomic E-state index is -0.477. The highest BCUT2D eigenvalue weighted by molar-refractivity contribution is 6.12. The lowest BCUT2D eigenvalue weighted by Crippen LogP contribution is -2.08. The molecular formula is C24H33NO6. The third-order valence-electron chi connectivity index (χ3n) is 5.10. The largest absolute Gasteiger partial charge is 0.496 e. The summed E-state index contributed by atoms with van der Waals surface area (Å²) in [6, 6.07) is 5.49. The molecule has 0 N–H and O–H groups in total. The van der Waals surface area contributed by atoms with E-state index < -0.39 is 5.97 Å². The zero-order valence-electron chi connectivity index (χ0n) is 19.4. The summed E-state index contributed by atoms with van der Waals surface area (Å²) in [5.74, 6) is 1.92. The maximum absolute atomic E-state index is 11.4. The highest BCUT2D eigenvalue weighted by Gasteiger charge is 2.23. The topological polar surface area (TPSA) is 75.6 Å². The number of fused-ring (bicyclic) bond motifs is 1. The summed E-state index contributed by atoms with van der Waals surface area (Å²) in [5, 5.41) is 5.60. The molecular weight excluding hydrogens is 398 g/mol. The van der Waals surface area contributed by atoms with Gasteiger partial charge >= 0.3 is 5.97 Å². The van der Waals surface area contributed by atoms with Crippen molar-refractivity contribution in [2.24, 2.45) is 5.16 Å². The first kappa shape index (κ1) is 24.3. The van der Waals surface area contributed by atoms with Crippen molar-refractivity contribution in [1.82, 2.24) is 0 Å². The van der Waals surface area contributed by atoms with Gasteiger partial charge in [-0.15, -0.1) is 0 Å². The molecule has 170 valence electrons. The molecule has 0 aliphatic rings. The number of benzene rings is 2. The predicted octanol–water partition coefficient (Wildman–Crippen LogP) is 5.50.